The molecule has 1 unspecified atom stereocenters. The van der Waals surface area contributed by atoms with E-state index in [1.807, 2.05) is 13.8 Å². The monoisotopic (exact) mass is 254 g/mol. The molecule has 3 nitrogen and oxygen atoms in total. The van der Waals surface area contributed by atoms with E-state index in [2.05, 4.69) is 17.3 Å². The summed E-state index contributed by atoms with van der Waals surface area (Å²) in [5.74, 6) is 0.577. The van der Waals surface area contributed by atoms with Gasteiger partial charge in [0.2, 0.25) is 0 Å². The fourth-order valence-electron chi connectivity index (χ4n) is 2.26. The van der Waals surface area contributed by atoms with Crippen LogP contribution in [0.25, 0.3) is 0 Å². The highest BCUT2D eigenvalue weighted by molar-refractivity contribution is 7.09. The molecule has 2 heterocycles. The number of nitrogens with zero attached hydrogens (tertiary/aromatic N) is 2. The van der Waals surface area contributed by atoms with Gasteiger partial charge >= 0.3 is 0 Å². The van der Waals surface area contributed by atoms with Crippen molar-refractivity contribution < 1.29 is 5.11 Å². The molecule has 1 aromatic heterocycles. The lowest BCUT2D eigenvalue weighted by Crippen LogP contribution is -2.31. The van der Waals surface area contributed by atoms with Gasteiger partial charge < -0.3 is 10.0 Å². The Morgan fingerprint density at radius 1 is 1.59 bits per heavy atom. The van der Waals surface area contributed by atoms with Gasteiger partial charge in [0, 0.05) is 23.3 Å². The van der Waals surface area contributed by atoms with Crippen molar-refractivity contribution in [1.29, 1.82) is 0 Å². The smallest absolute Gasteiger partial charge is 0.101 e. The number of hydrogen-bond acceptors (Lipinski definition) is 4. The van der Waals surface area contributed by atoms with Crippen molar-refractivity contribution in [2.24, 2.45) is 0 Å². The molecule has 1 saturated heterocycles. The molecule has 4 heteroatoms. The maximum absolute atomic E-state index is 9.37. The van der Waals surface area contributed by atoms with Crippen LogP contribution in [0.5, 0.6) is 0 Å². The molecule has 17 heavy (non-hydrogen) atoms. The summed E-state index contributed by atoms with van der Waals surface area (Å²) in [6, 6.07) is 0. The van der Waals surface area contributed by atoms with Crippen LogP contribution in [0.4, 0.5) is 0 Å². The van der Waals surface area contributed by atoms with Crippen LogP contribution >= 0.6 is 11.3 Å². The number of aliphatic hydroxyl groups is 1. The molecule has 96 valence electrons. The van der Waals surface area contributed by atoms with E-state index >= 15 is 0 Å². The molecule has 0 aliphatic carbocycles. The third kappa shape index (κ3) is 2.87. The van der Waals surface area contributed by atoms with Gasteiger partial charge in [0.1, 0.15) is 5.01 Å². The number of piperidine rings is 1. The van der Waals surface area contributed by atoms with E-state index in [1.54, 1.807) is 11.3 Å². The second kappa shape index (κ2) is 5.04. The Bertz CT molecular complexity index is 375. The van der Waals surface area contributed by atoms with Gasteiger partial charge in [-0.3, -0.25) is 0 Å². The molecular formula is C13H22N2OS. The minimum atomic E-state index is -0.205. The summed E-state index contributed by atoms with van der Waals surface area (Å²) < 4.78 is 0. The van der Waals surface area contributed by atoms with E-state index in [4.69, 9.17) is 4.98 Å². The van der Waals surface area contributed by atoms with Gasteiger partial charge in [-0.2, -0.15) is 0 Å². The number of likely N-dealkylation sites (tertiary alicyclic amines) is 1. The molecule has 2 rings (SSSR count). The molecule has 0 saturated carbocycles. The van der Waals surface area contributed by atoms with E-state index in [1.165, 1.54) is 25.1 Å². The van der Waals surface area contributed by atoms with Crippen LogP contribution < -0.4 is 0 Å². The van der Waals surface area contributed by atoms with Gasteiger partial charge in [-0.25, -0.2) is 4.98 Å². The predicted molar refractivity (Wildman–Crippen MR) is 71.7 cm³/mol. The molecule has 1 aromatic rings. The fraction of sp³-hybridized carbons (Fsp3) is 0.769. The Kier molecular flexibility index (Phi) is 3.85. The predicted octanol–water partition coefficient (Wildman–Crippen LogP) is 2.22. The van der Waals surface area contributed by atoms with Crippen molar-refractivity contribution >= 4 is 11.3 Å². The topological polar surface area (TPSA) is 36.4 Å². The number of rotatable bonds is 3. The van der Waals surface area contributed by atoms with Gasteiger partial charge in [-0.15, -0.1) is 11.3 Å². The number of aliphatic hydroxyl groups excluding tert-OH is 1. The van der Waals surface area contributed by atoms with Crippen molar-refractivity contribution in [2.75, 3.05) is 26.7 Å². The van der Waals surface area contributed by atoms with Crippen LogP contribution in [0.2, 0.25) is 0 Å². The average molecular weight is 254 g/mol. The Morgan fingerprint density at radius 3 is 3.00 bits per heavy atom. The maximum atomic E-state index is 9.37. The number of aromatic nitrogens is 1. The normalized spacial score (nSPS) is 22.9. The van der Waals surface area contributed by atoms with Crippen LogP contribution in [0.3, 0.4) is 0 Å². The summed E-state index contributed by atoms with van der Waals surface area (Å²) in [5, 5.41) is 12.6. The van der Waals surface area contributed by atoms with Crippen LogP contribution in [0, 0.1) is 0 Å². The van der Waals surface area contributed by atoms with E-state index in [9.17, 15) is 5.11 Å². The summed E-state index contributed by atoms with van der Waals surface area (Å²) in [4.78, 5) is 7.12. The molecular weight excluding hydrogens is 232 g/mol. The molecule has 1 aliphatic heterocycles. The first-order chi connectivity index (χ1) is 8.03. The van der Waals surface area contributed by atoms with E-state index in [-0.39, 0.29) is 12.0 Å². The zero-order valence-corrected chi connectivity index (χ0v) is 11.8. The third-order valence-electron chi connectivity index (χ3n) is 3.54. The molecule has 0 spiro atoms. The van der Waals surface area contributed by atoms with E-state index < -0.39 is 0 Å². The molecule has 0 radical (unpaired) electrons. The second-order valence-electron chi connectivity index (χ2n) is 5.72. The van der Waals surface area contributed by atoms with E-state index in [0.717, 1.165) is 11.6 Å². The van der Waals surface area contributed by atoms with Gasteiger partial charge in [0.25, 0.3) is 0 Å². The SMILES string of the molecule is CN1CCCC(c2csc(C(C)(C)CO)n2)C1. The molecule has 1 fully saturated rings. The summed E-state index contributed by atoms with van der Waals surface area (Å²) >= 11 is 1.69. The number of hydrogen-bond donors (Lipinski definition) is 1. The lowest BCUT2D eigenvalue weighted by molar-refractivity contribution is 0.217. The van der Waals surface area contributed by atoms with Gasteiger partial charge in [-0.05, 0) is 26.4 Å². The first kappa shape index (κ1) is 13.0. The molecule has 0 amide bonds. The summed E-state index contributed by atoms with van der Waals surface area (Å²) in [6.45, 7) is 6.56. The first-order valence-electron chi connectivity index (χ1n) is 6.28. The molecule has 0 aromatic carbocycles. The van der Waals surface area contributed by atoms with Crippen molar-refractivity contribution in [1.82, 2.24) is 9.88 Å². The Hall–Kier alpha value is -0.450. The van der Waals surface area contributed by atoms with Crippen LogP contribution in [-0.2, 0) is 5.41 Å². The number of likely N-dealkylation sites (N-methyl/N-ethyl adjacent to an activating group) is 1. The summed E-state index contributed by atoms with van der Waals surface area (Å²) in [7, 11) is 2.18. The summed E-state index contributed by atoms with van der Waals surface area (Å²) in [5.41, 5.74) is 1.02. The molecule has 1 N–H and O–H groups in total. The zero-order chi connectivity index (χ0) is 12.5. The van der Waals surface area contributed by atoms with Crippen LogP contribution in [-0.4, -0.2) is 41.7 Å². The highest BCUT2D eigenvalue weighted by Crippen LogP contribution is 2.31. The standard InChI is InChI=1S/C13H22N2OS/c1-13(2,9-16)12-14-11(8-17-12)10-5-4-6-15(3)7-10/h8,10,16H,4-7,9H2,1-3H3. The van der Waals surface area contributed by atoms with Crippen LogP contribution in [0.1, 0.15) is 43.3 Å². The Morgan fingerprint density at radius 2 is 2.35 bits per heavy atom. The van der Waals surface area contributed by atoms with Crippen LogP contribution in [0.15, 0.2) is 5.38 Å². The Balaban J connectivity index is 2.12. The number of thiazole rings is 1. The van der Waals surface area contributed by atoms with Crippen molar-refractivity contribution in [2.45, 2.75) is 38.0 Å². The highest BCUT2D eigenvalue weighted by atomic mass is 32.1. The van der Waals surface area contributed by atoms with Gasteiger partial charge in [-0.1, -0.05) is 13.8 Å². The minimum absolute atomic E-state index is 0.157. The summed E-state index contributed by atoms with van der Waals surface area (Å²) in [6.07, 6.45) is 2.50. The second-order valence-corrected chi connectivity index (χ2v) is 6.58. The van der Waals surface area contributed by atoms with E-state index in [0.29, 0.717) is 5.92 Å². The van der Waals surface area contributed by atoms with Gasteiger partial charge in [0.15, 0.2) is 0 Å². The first-order valence-corrected chi connectivity index (χ1v) is 7.16. The maximum Gasteiger partial charge on any atom is 0.101 e. The average Bonchev–Trinajstić information content (AvgIpc) is 2.79. The van der Waals surface area contributed by atoms with Crippen molar-refractivity contribution in [3.8, 4) is 0 Å². The molecule has 1 atom stereocenters. The molecule has 1 aliphatic rings. The van der Waals surface area contributed by atoms with Gasteiger partial charge in [0.05, 0.1) is 12.3 Å². The highest BCUT2D eigenvalue weighted by Gasteiger charge is 2.26. The lowest BCUT2D eigenvalue weighted by atomic mass is 9.94. The quantitative estimate of drug-likeness (QED) is 0.898. The third-order valence-corrected chi connectivity index (χ3v) is 4.77. The molecule has 0 bridgehead atoms. The Labute approximate surface area is 107 Å². The fourth-order valence-corrected chi connectivity index (χ4v) is 3.28. The van der Waals surface area contributed by atoms with Crippen molar-refractivity contribution in [3.63, 3.8) is 0 Å². The lowest BCUT2D eigenvalue weighted by Gasteiger charge is -2.28. The largest absolute Gasteiger partial charge is 0.395 e. The minimum Gasteiger partial charge on any atom is -0.395 e. The zero-order valence-electron chi connectivity index (χ0n) is 10.9. The van der Waals surface area contributed by atoms with Crippen molar-refractivity contribution in [3.05, 3.63) is 16.1 Å².